The largest absolute Gasteiger partial charge is 0.390 e. The Labute approximate surface area is 111 Å². The van der Waals surface area contributed by atoms with Crippen LogP contribution >= 0.6 is 0 Å². The number of aryl methyl sites for hydroxylation is 1. The molecule has 100 valence electrons. The van der Waals surface area contributed by atoms with Gasteiger partial charge in [0.15, 0.2) is 0 Å². The summed E-state index contributed by atoms with van der Waals surface area (Å²) in [6.07, 6.45) is 3.87. The number of aliphatic hydroxyl groups is 1. The lowest BCUT2D eigenvalue weighted by atomic mass is 9.64. The van der Waals surface area contributed by atoms with Gasteiger partial charge in [-0.15, -0.1) is 0 Å². The van der Waals surface area contributed by atoms with Gasteiger partial charge in [-0.1, -0.05) is 45.0 Å². The molecule has 0 aliphatic heterocycles. The Morgan fingerprint density at radius 1 is 1.22 bits per heavy atom. The second-order valence-electron chi connectivity index (χ2n) is 7.18. The Morgan fingerprint density at radius 2 is 1.89 bits per heavy atom. The van der Waals surface area contributed by atoms with Gasteiger partial charge in [-0.2, -0.15) is 0 Å². The summed E-state index contributed by atoms with van der Waals surface area (Å²) in [5, 5.41) is 11.0. The number of hydrogen-bond donors (Lipinski definition) is 1. The number of rotatable bonds is 2. The molecule has 1 heteroatoms. The van der Waals surface area contributed by atoms with E-state index < -0.39 is 5.60 Å². The summed E-state index contributed by atoms with van der Waals surface area (Å²) < 4.78 is 0. The highest BCUT2D eigenvalue weighted by molar-refractivity contribution is 5.27. The van der Waals surface area contributed by atoms with E-state index in [9.17, 15) is 5.11 Å². The van der Waals surface area contributed by atoms with Gasteiger partial charge in [0.25, 0.3) is 0 Å². The van der Waals surface area contributed by atoms with Gasteiger partial charge in [0.05, 0.1) is 5.60 Å². The molecule has 0 spiro atoms. The molecule has 0 heterocycles. The van der Waals surface area contributed by atoms with Crippen LogP contribution in [0.25, 0.3) is 0 Å². The maximum Gasteiger partial charge on any atom is 0.0695 e. The van der Waals surface area contributed by atoms with Crippen molar-refractivity contribution in [2.75, 3.05) is 0 Å². The molecule has 1 aromatic rings. The zero-order chi connectivity index (χ0) is 13.4. The minimum absolute atomic E-state index is 0.259. The van der Waals surface area contributed by atoms with E-state index in [0.717, 1.165) is 19.3 Å². The Kier molecular flexibility index (Phi) is 3.55. The summed E-state index contributed by atoms with van der Waals surface area (Å²) >= 11 is 0. The molecule has 1 fully saturated rings. The minimum Gasteiger partial charge on any atom is -0.390 e. The average molecular weight is 246 g/mol. The van der Waals surface area contributed by atoms with E-state index in [1.807, 2.05) is 0 Å². The lowest BCUT2D eigenvalue weighted by Crippen LogP contribution is -2.43. The molecule has 2 unspecified atom stereocenters. The molecule has 2 rings (SSSR count). The standard InChI is InChI=1S/C17H26O/c1-13-9-16(3,4)12-17(18,10-13)11-15-8-6-5-7-14(15)2/h5-8,13,18H,9-12H2,1-4H3. The van der Waals surface area contributed by atoms with Gasteiger partial charge in [-0.25, -0.2) is 0 Å². The fraction of sp³-hybridized carbons (Fsp3) is 0.647. The second-order valence-corrected chi connectivity index (χ2v) is 7.18. The van der Waals surface area contributed by atoms with E-state index in [4.69, 9.17) is 0 Å². The molecule has 0 aromatic heterocycles. The van der Waals surface area contributed by atoms with Crippen LogP contribution in [-0.4, -0.2) is 10.7 Å². The van der Waals surface area contributed by atoms with E-state index in [1.165, 1.54) is 17.5 Å². The van der Waals surface area contributed by atoms with E-state index in [0.29, 0.717) is 5.92 Å². The molecular formula is C17H26O. The number of hydrogen-bond acceptors (Lipinski definition) is 1. The average Bonchev–Trinajstić information content (AvgIpc) is 2.17. The fourth-order valence-electron chi connectivity index (χ4n) is 4.00. The fourth-order valence-corrected chi connectivity index (χ4v) is 4.00. The van der Waals surface area contributed by atoms with Crippen molar-refractivity contribution in [3.05, 3.63) is 35.4 Å². The second kappa shape index (κ2) is 4.70. The van der Waals surface area contributed by atoms with Gasteiger partial charge < -0.3 is 5.11 Å². The van der Waals surface area contributed by atoms with Crippen molar-refractivity contribution < 1.29 is 5.11 Å². The third kappa shape index (κ3) is 3.14. The SMILES string of the molecule is Cc1ccccc1CC1(O)CC(C)CC(C)(C)C1. The van der Waals surface area contributed by atoms with Crippen LogP contribution in [0.4, 0.5) is 0 Å². The smallest absolute Gasteiger partial charge is 0.0695 e. The zero-order valence-corrected chi connectivity index (χ0v) is 12.2. The predicted molar refractivity (Wildman–Crippen MR) is 76.6 cm³/mol. The molecule has 0 radical (unpaired) electrons. The van der Waals surface area contributed by atoms with Gasteiger partial charge in [0.2, 0.25) is 0 Å². The van der Waals surface area contributed by atoms with E-state index in [1.54, 1.807) is 0 Å². The van der Waals surface area contributed by atoms with Crippen LogP contribution in [0.1, 0.15) is 51.2 Å². The highest BCUT2D eigenvalue weighted by atomic mass is 16.3. The summed E-state index contributed by atoms with van der Waals surface area (Å²) in [5.74, 6) is 0.614. The first-order valence-corrected chi connectivity index (χ1v) is 7.07. The monoisotopic (exact) mass is 246 g/mol. The highest BCUT2D eigenvalue weighted by Gasteiger charge is 2.41. The van der Waals surface area contributed by atoms with Crippen molar-refractivity contribution in [2.24, 2.45) is 11.3 Å². The quantitative estimate of drug-likeness (QED) is 0.832. The lowest BCUT2D eigenvalue weighted by Gasteiger charge is -2.45. The normalized spacial score (nSPS) is 31.3. The third-order valence-electron chi connectivity index (χ3n) is 4.22. The van der Waals surface area contributed by atoms with E-state index in [2.05, 4.69) is 52.0 Å². The molecule has 1 nitrogen and oxygen atoms in total. The van der Waals surface area contributed by atoms with Crippen LogP contribution in [0.5, 0.6) is 0 Å². The summed E-state index contributed by atoms with van der Waals surface area (Å²) in [7, 11) is 0. The van der Waals surface area contributed by atoms with E-state index in [-0.39, 0.29) is 5.41 Å². The first-order chi connectivity index (χ1) is 8.30. The Morgan fingerprint density at radius 3 is 2.50 bits per heavy atom. The topological polar surface area (TPSA) is 20.2 Å². The Bertz CT molecular complexity index is 421. The van der Waals surface area contributed by atoms with E-state index >= 15 is 0 Å². The van der Waals surface area contributed by atoms with Crippen LogP contribution in [0.2, 0.25) is 0 Å². The molecule has 0 amide bonds. The van der Waals surface area contributed by atoms with Crippen molar-refractivity contribution in [3.8, 4) is 0 Å². The van der Waals surface area contributed by atoms with Gasteiger partial charge >= 0.3 is 0 Å². The Hall–Kier alpha value is -0.820. The molecule has 1 aliphatic carbocycles. The number of benzene rings is 1. The molecular weight excluding hydrogens is 220 g/mol. The molecule has 1 N–H and O–H groups in total. The van der Waals surface area contributed by atoms with Crippen molar-refractivity contribution in [2.45, 2.75) is 59.0 Å². The summed E-state index contributed by atoms with van der Waals surface area (Å²) in [6, 6.07) is 8.43. The summed E-state index contributed by atoms with van der Waals surface area (Å²) in [4.78, 5) is 0. The lowest BCUT2D eigenvalue weighted by molar-refractivity contribution is -0.0575. The molecule has 0 saturated heterocycles. The van der Waals surface area contributed by atoms with Gasteiger partial charge in [-0.3, -0.25) is 0 Å². The summed E-state index contributed by atoms with van der Waals surface area (Å²) in [6.45, 7) is 8.97. The molecule has 2 atom stereocenters. The maximum absolute atomic E-state index is 11.0. The van der Waals surface area contributed by atoms with Crippen molar-refractivity contribution in [1.29, 1.82) is 0 Å². The van der Waals surface area contributed by atoms with Gasteiger partial charge in [0, 0.05) is 6.42 Å². The molecule has 0 bridgehead atoms. The van der Waals surface area contributed by atoms with Crippen molar-refractivity contribution in [1.82, 2.24) is 0 Å². The minimum atomic E-state index is -0.521. The third-order valence-corrected chi connectivity index (χ3v) is 4.22. The van der Waals surface area contributed by atoms with Crippen LogP contribution < -0.4 is 0 Å². The van der Waals surface area contributed by atoms with Crippen LogP contribution in [0.15, 0.2) is 24.3 Å². The van der Waals surface area contributed by atoms with Crippen molar-refractivity contribution >= 4 is 0 Å². The Balaban J connectivity index is 2.19. The van der Waals surface area contributed by atoms with Gasteiger partial charge in [-0.05, 0) is 48.6 Å². The summed E-state index contributed by atoms with van der Waals surface area (Å²) in [5.41, 5.74) is 2.33. The zero-order valence-electron chi connectivity index (χ0n) is 12.2. The van der Waals surface area contributed by atoms with Gasteiger partial charge in [0.1, 0.15) is 0 Å². The van der Waals surface area contributed by atoms with Crippen LogP contribution in [0.3, 0.4) is 0 Å². The first kappa shape index (κ1) is 13.6. The molecule has 1 aromatic carbocycles. The predicted octanol–water partition coefficient (Wildman–Crippen LogP) is 4.11. The highest BCUT2D eigenvalue weighted by Crippen LogP contribution is 2.45. The van der Waals surface area contributed by atoms with Crippen LogP contribution in [-0.2, 0) is 6.42 Å². The molecule has 1 saturated carbocycles. The first-order valence-electron chi connectivity index (χ1n) is 7.07. The van der Waals surface area contributed by atoms with Crippen LogP contribution in [0, 0.1) is 18.3 Å². The van der Waals surface area contributed by atoms with Crippen molar-refractivity contribution in [3.63, 3.8) is 0 Å². The molecule has 18 heavy (non-hydrogen) atoms. The maximum atomic E-state index is 11.0. The molecule has 1 aliphatic rings.